The summed E-state index contributed by atoms with van der Waals surface area (Å²) < 4.78 is 7.76. The highest BCUT2D eigenvalue weighted by atomic mass is 16.5. The van der Waals surface area contributed by atoms with Crippen LogP contribution in [0.2, 0.25) is 0 Å². The van der Waals surface area contributed by atoms with Gasteiger partial charge in [-0.2, -0.15) is 5.10 Å². The Morgan fingerprint density at radius 3 is 3.04 bits per heavy atom. The third-order valence-corrected chi connectivity index (χ3v) is 4.08. The lowest BCUT2D eigenvalue weighted by atomic mass is 9.98. The number of aryl methyl sites for hydroxylation is 2. The average molecular weight is 329 g/mol. The van der Waals surface area contributed by atoms with Crippen molar-refractivity contribution in [1.82, 2.24) is 20.1 Å². The van der Waals surface area contributed by atoms with E-state index in [0.717, 1.165) is 30.5 Å². The predicted octanol–water partition coefficient (Wildman–Crippen LogP) is 2.65. The van der Waals surface area contributed by atoms with E-state index in [1.807, 2.05) is 37.0 Å². The van der Waals surface area contributed by atoms with Gasteiger partial charge >= 0.3 is 6.03 Å². The number of pyridine rings is 1. The van der Waals surface area contributed by atoms with Gasteiger partial charge in [0.25, 0.3) is 0 Å². The Bertz CT molecular complexity index is 700. The Labute approximate surface area is 141 Å². The van der Waals surface area contributed by atoms with Crippen LogP contribution in [0.15, 0.2) is 30.9 Å². The van der Waals surface area contributed by atoms with Gasteiger partial charge in [0.2, 0.25) is 0 Å². The van der Waals surface area contributed by atoms with Gasteiger partial charge in [0.15, 0.2) is 0 Å². The Morgan fingerprint density at radius 2 is 2.29 bits per heavy atom. The standard InChI is InChI=1S/C17H23N5O2/c1-3-22-11-13(9-19-22)16-15(5-4-6-24-16)21-17(23)20-14-7-12(2)8-18-10-14/h7-11,15-16H,3-6H2,1-2H3,(H2,20,21,23)/t15-,16+/m0/s1. The lowest BCUT2D eigenvalue weighted by Gasteiger charge is -2.31. The van der Waals surface area contributed by atoms with Crippen LogP contribution in [-0.4, -0.2) is 33.4 Å². The van der Waals surface area contributed by atoms with E-state index >= 15 is 0 Å². The number of nitrogens with one attached hydrogen (secondary N) is 2. The summed E-state index contributed by atoms with van der Waals surface area (Å²) in [5.41, 5.74) is 2.68. The molecule has 24 heavy (non-hydrogen) atoms. The van der Waals surface area contributed by atoms with Gasteiger partial charge in [0.05, 0.1) is 24.1 Å². The lowest BCUT2D eigenvalue weighted by molar-refractivity contribution is -0.00701. The molecule has 2 aromatic heterocycles. The van der Waals surface area contributed by atoms with Crippen molar-refractivity contribution in [3.05, 3.63) is 42.0 Å². The molecule has 3 rings (SSSR count). The third-order valence-electron chi connectivity index (χ3n) is 4.08. The molecule has 0 unspecified atom stereocenters. The highest BCUT2D eigenvalue weighted by Gasteiger charge is 2.29. The second-order valence-corrected chi connectivity index (χ2v) is 6.02. The third kappa shape index (κ3) is 3.91. The predicted molar refractivity (Wildman–Crippen MR) is 90.7 cm³/mol. The molecule has 3 heterocycles. The zero-order valence-corrected chi connectivity index (χ0v) is 14.0. The number of amides is 2. The van der Waals surface area contributed by atoms with Crippen molar-refractivity contribution in [2.45, 2.75) is 45.4 Å². The first-order chi connectivity index (χ1) is 11.7. The van der Waals surface area contributed by atoms with Gasteiger partial charge < -0.3 is 15.4 Å². The Kier molecular flexibility index (Phi) is 5.10. The van der Waals surface area contributed by atoms with Gasteiger partial charge in [-0.25, -0.2) is 4.79 Å². The van der Waals surface area contributed by atoms with E-state index in [2.05, 4.69) is 20.7 Å². The number of urea groups is 1. The minimum Gasteiger partial charge on any atom is -0.371 e. The number of hydrogen-bond donors (Lipinski definition) is 2. The van der Waals surface area contributed by atoms with Crippen LogP contribution < -0.4 is 10.6 Å². The highest BCUT2D eigenvalue weighted by Crippen LogP contribution is 2.28. The smallest absolute Gasteiger partial charge is 0.319 e. The van der Waals surface area contributed by atoms with Crippen molar-refractivity contribution in [2.24, 2.45) is 0 Å². The Morgan fingerprint density at radius 1 is 1.42 bits per heavy atom. The van der Waals surface area contributed by atoms with E-state index in [4.69, 9.17) is 4.74 Å². The molecule has 1 fully saturated rings. The molecule has 0 aromatic carbocycles. The highest BCUT2D eigenvalue weighted by molar-refractivity contribution is 5.89. The summed E-state index contributed by atoms with van der Waals surface area (Å²) in [6.07, 6.45) is 8.81. The molecule has 7 heteroatoms. The topological polar surface area (TPSA) is 81.1 Å². The van der Waals surface area contributed by atoms with Gasteiger partial charge in [-0.15, -0.1) is 0 Å². The molecule has 7 nitrogen and oxygen atoms in total. The van der Waals surface area contributed by atoms with Crippen LogP contribution in [0, 0.1) is 6.92 Å². The van der Waals surface area contributed by atoms with Crippen molar-refractivity contribution < 1.29 is 9.53 Å². The molecule has 2 amide bonds. The van der Waals surface area contributed by atoms with Crippen LogP contribution >= 0.6 is 0 Å². The molecule has 2 N–H and O–H groups in total. The Hall–Kier alpha value is -2.41. The van der Waals surface area contributed by atoms with E-state index < -0.39 is 0 Å². The summed E-state index contributed by atoms with van der Waals surface area (Å²) in [4.78, 5) is 16.4. The molecule has 0 bridgehead atoms. The van der Waals surface area contributed by atoms with E-state index in [1.54, 1.807) is 12.4 Å². The fourth-order valence-electron chi connectivity index (χ4n) is 2.92. The maximum atomic E-state index is 12.3. The summed E-state index contributed by atoms with van der Waals surface area (Å²) in [5.74, 6) is 0. The van der Waals surface area contributed by atoms with Crippen molar-refractivity contribution in [3.8, 4) is 0 Å². The van der Waals surface area contributed by atoms with E-state index in [-0.39, 0.29) is 18.2 Å². The molecule has 0 saturated carbocycles. The first-order valence-corrected chi connectivity index (χ1v) is 8.29. The number of hydrogen-bond acceptors (Lipinski definition) is 4. The molecule has 128 valence electrons. The van der Waals surface area contributed by atoms with Gasteiger partial charge in [0, 0.05) is 31.1 Å². The number of rotatable bonds is 4. The fourth-order valence-corrected chi connectivity index (χ4v) is 2.92. The van der Waals surface area contributed by atoms with Crippen molar-refractivity contribution in [2.75, 3.05) is 11.9 Å². The van der Waals surface area contributed by atoms with Crippen LogP contribution in [0.5, 0.6) is 0 Å². The summed E-state index contributed by atoms with van der Waals surface area (Å²) in [5, 5.41) is 10.2. The molecule has 1 saturated heterocycles. The number of carbonyl (C=O) groups is 1. The monoisotopic (exact) mass is 329 g/mol. The quantitative estimate of drug-likeness (QED) is 0.903. The number of aromatic nitrogens is 3. The summed E-state index contributed by atoms with van der Waals surface area (Å²) in [6.45, 7) is 5.49. The van der Waals surface area contributed by atoms with Gasteiger partial charge in [0.1, 0.15) is 6.10 Å². The molecule has 2 atom stereocenters. The van der Waals surface area contributed by atoms with Crippen LogP contribution in [0.25, 0.3) is 0 Å². The van der Waals surface area contributed by atoms with Crippen molar-refractivity contribution in [1.29, 1.82) is 0 Å². The van der Waals surface area contributed by atoms with Gasteiger partial charge in [-0.05, 0) is 38.3 Å². The van der Waals surface area contributed by atoms with Crippen molar-refractivity contribution >= 4 is 11.7 Å². The van der Waals surface area contributed by atoms with Crippen LogP contribution in [-0.2, 0) is 11.3 Å². The maximum absolute atomic E-state index is 12.3. The normalized spacial score (nSPS) is 20.6. The Balaban J connectivity index is 1.66. The SMILES string of the molecule is CCn1cc([C@H]2OCCC[C@@H]2NC(=O)Nc2cncc(C)c2)cn1. The molecule has 0 aliphatic carbocycles. The number of ether oxygens (including phenoxy) is 1. The van der Waals surface area contributed by atoms with E-state index in [0.29, 0.717) is 12.3 Å². The molecule has 1 aliphatic rings. The zero-order chi connectivity index (χ0) is 16.9. The zero-order valence-electron chi connectivity index (χ0n) is 14.0. The van der Waals surface area contributed by atoms with E-state index in [9.17, 15) is 4.79 Å². The number of anilines is 1. The fraction of sp³-hybridized carbons (Fsp3) is 0.471. The lowest BCUT2D eigenvalue weighted by Crippen LogP contribution is -2.44. The molecule has 0 radical (unpaired) electrons. The second kappa shape index (κ2) is 7.44. The van der Waals surface area contributed by atoms with Gasteiger partial charge in [-0.1, -0.05) is 0 Å². The molecule has 1 aliphatic heterocycles. The number of nitrogens with zero attached hydrogens (tertiary/aromatic N) is 3. The summed E-state index contributed by atoms with van der Waals surface area (Å²) in [7, 11) is 0. The number of carbonyl (C=O) groups excluding carboxylic acids is 1. The molecule has 2 aromatic rings. The molecular formula is C17H23N5O2. The first kappa shape index (κ1) is 16.4. The maximum Gasteiger partial charge on any atom is 0.319 e. The minimum atomic E-state index is -0.245. The van der Waals surface area contributed by atoms with Crippen LogP contribution in [0.1, 0.15) is 37.0 Å². The van der Waals surface area contributed by atoms with Crippen LogP contribution in [0.4, 0.5) is 10.5 Å². The largest absolute Gasteiger partial charge is 0.371 e. The van der Waals surface area contributed by atoms with E-state index in [1.165, 1.54) is 0 Å². The second-order valence-electron chi connectivity index (χ2n) is 6.02. The average Bonchev–Trinajstić information content (AvgIpc) is 3.04. The summed E-state index contributed by atoms with van der Waals surface area (Å²) >= 11 is 0. The van der Waals surface area contributed by atoms with Gasteiger partial charge in [-0.3, -0.25) is 9.67 Å². The van der Waals surface area contributed by atoms with Crippen LogP contribution in [0.3, 0.4) is 0 Å². The summed E-state index contributed by atoms with van der Waals surface area (Å²) in [6, 6.07) is 1.56. The molecule has 0 spiro atoms. The first-order valence-electron chi connectivity index (χ1n) is 8.29. The molecular weight excluding hydrogens is 306 g/mol. The minimum absolute atomic E-state index is 0.0778. The van der Waals surface area contributed by atoms with Crippen molar-refractivity contribution in [3.63, 3.8) is 0 Å².